The molecule has 0 heterocycles. The fraction of sp³-hybridized carbons (Fsp3) is 0.455. The molecule has 0 aliphatic heterocycles. The van der Waals surface area contributed by atoms with E-state index in [1.54, 1.807) is 0 Å². The first-order valence-corrected chi connectivity index (χ1v) is 4.21. The van der Waals surface area contributed by atoms with Crippen molar-refractivity contribution in [3.63, 3.8) is 0 Å². The van der Waals surface area contributed by atoms with Crippen molar-refractivity contribution in [2.45, 2.75) is 19.3 Å². The first-order valence-electron chi connectivity index (χ1n) is 4.21. The van der Waals surface area contributed by atoms with Gasteiger partial charge in [-0.15, -0.1) is 13.2 Å². The van der Waals surface area contributed by atoms with Gasteiger partial charge >= 0.3 is 0 Å². The highest BCUT2D eigenvalue weighted by Gasteiger charge is 2.62. The van der Waals surface area contributed by atoms with Crippen LogP contribution in [0.15, 0.2) is 37.5 Å². The normalized spacial score (nSPS) is 46.2. The molecule has 0 bridgehead atoms. The van der Waals surface area contributed by atoms with Crippen LogP contribution < -0.4 is 0 Å². The maximum atomic E-state index is 3.91. The van der Waals surface area contributed by atoms with Crippen molar-refractivity contribution < 1.29 is 0 Å². The largest absolute Gasteiger partial charge is 0.102 e. The van der Waals surface area contributed by atoms with E-state index in [9.17, 15) is 0 Å². The lowest BCUT2D eigenvalue weighted by Crippen LogP contribution is -2.11. The number of fused-ring (bicyclic) bond motifs is 1. The van der Waals surface area contributed by atoms with E-state index in [1.807, 2.05) is 0 Å². The van der Waals surface area contributed by atoms with Crippen molar-refractivity contribution in [2.75, 3.05) is 0 Å². The first kappa shape index (κ1) is 6.90. The predicted octanol–water partition coefficient (Wildman–Crippen LogP) is 3.08. The molecule has 1 fully saturated rings. The summed E-state index contributed by atoms with van der Waals surface area (Å²) in [6.07, 6.45) is 12.4. The van der Waals surface area contributed by atoms with E-state index in [0.717, 1.165) is 0 Å². The Balaban J connectivity index is 2.34. The SMILES string of the molecule is C=CC12CC=CCC1(C=C)C2. The molecule has 1 saturated carbocycles. The Morgan fingerprint density at radius 1 is 1.00 bits per heavy atom. The molecule has 2 unspecified atom stereocenters. The summed E-state index contributed by atoms with van der Waals surface area (Å²) in [5.41, 5.74) is 0.785. The fourth-order valence-electron chi connectivity index (χ4n) is 2.37. The lowest BCUT2D eigenvalue weighted by molar-refractivity contribution is 0.466. The Morgan fingerprint density at radius 3 is 1.82 bits per heavy atom. The predicted molar refractivity (Wildman–Crippen MR) is 48.3 cm³/mol. The average Bonchev–Trinajstić information content (AvgIpc) is 2.75. The number of hydrogen-bond acceptors (Lipinski definition) is 0. The smallest absolute Gasteiger partial charge is 0.00163 e. The van der Waals surface area contributed by atoms with Crippen molar-refractivity contribution in [2.24, 2.45) is 10.8 Å². The van der Waals surface area contributed by atoms with Gasteiger partial charge in [-0.1, -0.05) is 24.3 Å². The maximum absolute atomic E-state index is 3.91. The summed E-state index contributed by atoms with van der Waals surface area (Å²) < 4.78 is 0. The third kappa shape index (κ3) is 0.649. The van der Waals surface area contributed by atoms with Crippen LogP contribution in [0.5, 0.6) is 0 Å². The van der Waals surface area contributed by atoms with Crippen LogP contribution >= 0.6 is 0 Å². The molecule has 0 N–H and O–H groups in total. The summed E-state index contributed by atoms with van der Waals surface area (Å²) in [6, 6.07) is 0. The van der Waals surface area contributed by atoms with Crippen LogP contribution in [0.2, 0.25) is 0 Å². The Labute approximate surface area is 68.3 Å². The number of hydrogen-bond donors (Lipinski definition) is 0. The van der Waals surface area contributed by atoms with E-state index in [-0.39, 0.29) is 0 Å². The Kier molecular flexibility index (Phi) is 1.18. The van der Waals surface area contributed by atoms with Gasteiger partial charge in [0.1, 0.15) is 0 Å². The summed E-state index contributed by atoms with van der Waals surface area (Å²) in [5, 5.41) is 0. The van der Waals surface area contributed by atoms with Gasteiger partial charge in [0.15, 0.2) is 0 Å². The second kappa shape index (κ2) is 1.88. The highest BCUT2D eigenvalue weighted by atomic mass is 14.7. The molecule has 0 saturated heterocycles. The van der Waals surface area contributed by atoms with Crippen LogP contribution in [0, 0.1) is 10.8 Å². The van der Waals surface area contributed by atoms with Crippen LogP contribution in [-0.2, 0) is 0 Å². The minimum absolute atomic E-state index is 0.392. The minimum Gasteiger partial charge on any atom is -0.102 e. The molecule has 0 nitrogen and oxygen atoms in total. The number of rotatable bonds is 2. The summed E-state index contributed by atoms with van der Waals surface area (Å²) in [4.78, 5) is 0. The Hall–Kier alpha value is -0.780. The van der Waals surface area contributed by atoms with Gasteiger partial charge in [0.05, 0.1) is 0 Å². The van der Waals surface area contributed by atoms with Crippen LogP contribution in [0.3, 0.4) is 0 Å². The lowest BCUT2D eigenvalue weighted by atomic mass is 9.83. The lowest BCUT2D eigenvalue weighted by Gasteiger charge is -2.21. The van der Waals surface area contributed by atoms with Crippen LogP contribution in [0.1, 0.15) is 19.3 Å². The van der Waals surface area contributed by atoms with E-state index in [1.165, 1.54) is 19.3 Å². The molecule has 11 heavy (non-hydrogen) atoms. The van der Waals surface area contributed by atoms with E-state index < -0.39 is 0 Å². The molecule has 2 rings (SSSR count). The summed E-state index contributed by atoms with van der Waals surface area (Å²) in [6.45, 7) is 7.82. The summed E-state index contributed by atoms with van der Waals surface area (Å²) in [7, 11) is 0. The summed E-state index contributed by atoms with van der Waals surface area (Å²) in [5.74, 6) is 0. The molecule has 0 aromatic rings. The van der Waals surface area contributed by atoms with Gasteiger partial charge < -0.3 is 0 Å². The molecule has 0 spiro atoms. The average molecular weight is 146 g/mol. The molecule has 0 radical (unpaired) electrons. The van der Waals surface area contributed by atoms with E-state index >= 15 is 0 Å². The Morgan fingerprint density at radius 2 is 1.45 bits per heavy atom. The fourth-order valence-corrected chi connectivity index (χ4v) is 2.37. The molecule has 2 aliphatic rings. The number of allylic oxidation sites excluding steroid dienone is 4. The van der Waals surface area contributed by atoms with Crippen molar-refractivity contribution in [3.8, 4) is 0 Å². The standard InChI is InChI=1S/C11H14/c1-3-10-7-5-6-8-11(10,4-2)9-10/h3-6H,1-2,7-9H2. The molecular weight excluding hydrogens is 132 g/mol. The molecule has 0 aromatic carbocycles. The van der Waals surface area contributed by atoms with E-state index in [0.29, 0.717) is 10.8 Å². The zero-order valence-electron chi connectivity index (χ0n) is 6.84. The molecule has 58 valence electrons. The summed E-state index contributed by atoms with van der Waals surface area (Å²) >= 11 is 0. The van der Waals surface area contributed by atoms with Gasteiger partial charge in [-0.05, 0) is 19.3 Å². The van der Waals surface area contributed by atoms with Crippen LogP contribution in [0.25, 0.3) is 0 Å². The highest BCUT2D eigenvalue weighted by Crippen LogP contribution is 2.71. The van der Waals surface area contributed by atoms with E-state index in [4.69, 9.17) is 0 Å². The quantitative estimate of drug-likeness (QED) is 0.525. The highest BCUT2D eigenvalue weighted by molar-refractivity contribution is 5.33. The molecule has 0 amide bonds. The zero-order chi connectivity index (χ0) is 7.95. The Bertz CT molecular complexity index is 212. The first-order chi connectivity index (χ1) is 5.29. The van der Waals surface area contributed by atoms with Crippen molar-refractivity contribution >= 4 is 0 Å². The van der Waals surface area contributed by atoms with Crippen molar-refractivity contribution in [3.05, 3.63) is 37.5 Å². The second-order valence-corrected chi connectivity index (χ2v) is 3.78. The second-order valence-electron chi connectivity index (χ2n) is 3.78. The molecule has 0 heteroatoms. The molecule has 2 aliphatic carbocycles. The van der Waals surface area contributed by atoms with Gasteiger partial charge in [0.25, 0.3) is 0 Å². The molecule has 0 aromatic heterocycles. The van der Waals surface area contributed by atoms with Gasteiger partial charge in [-0.2, -0.15) is 0 Å². The van der Waals surface area contributed by atoms with Gasteiger partial charge in [-0.25, -0.2) is 0 Å². The van der Waals surface area contributed by atoms with E-state index in [2.05, 4.69) is 37.5 Å². The van der Waals surface area contributed by atoms with Gasteiger partial charge in [-0.3, -0.25) is 0 Å². The zero-order valence-corrected chi connectivity index (χ0v) is 6.84. The van der Waals surface area contributed by atoms with Crippen molar-refractivity contribution in [1.29, 1.82) is 0 Å². The van der Waals surface area contributed by atoms with Crippen LogP contribution in [-0.4, -0.2) is 0 Å². The minimum atomic E-state index is 0.392. The molecule has 2 atom stereocenters. The van der Waals surface area contributed by atoms with Gasteiger partial charge in [0.2, 0.25) is 0 Å². The third-order valence-corrected chi connectivity index (χ3v) is 3.41. The van der Waals surface area contributed by atoms with Crippen molar-refractivity contribution in [1.82, 2.24) is 0 Å². The van der Waals surface area contributed by atoms with Crippen LogP contribution in [0.4, 0.5) is 0 Å². The third-order valence-electron chi connectivity index (χ3n) is 3.41. The van der Waals surface area contributed by atoms with Gasteiger partial charge in [0, 0.05) is 10.8 Å². The maximum Gasteiger partial charge on any atom is 0.00163 e. The topological polar surface area (TPSA) is 0 Å². The molecular formula is C11H14. The monoisotopic (exact) mass is 146 g/mol.